The number of likely N-dealkylation sites (tertiary alicyclic amines) is 1. The van der Waals surface area contributed by atoms with E-state index in [1.165, 1.54) is 17.8 Å². The molecule has 2 aliphatic rings. The maximum absolute atomic E-state index is 12.9. The summed E-state index contributed by atoms with van der Waals surface area (Å²) in [6.07, 6.45) is 9.76. The molecule has 0 radical (unpaired) electrons. The van der Waals surface area contributed by atoms with E-state index in [-0.39, 0.29) is 23.3 Å². The minimum absolute atomic E-state index is 0.0268. The fourth-order valence-corrected chi connectivity index (χ4v) is 5.19. The van der Waals surface area contributed by atoms with E-state index in [2.05, 4.69) is 20.5 Å². The highest BCUT2D eigenvalue weighted by molar-refractivity contribution is 7.13. The Hall–Kier alpha value is -1.51. The number of rotatable bonds is 9. The Morgan fingerprint density at radius 1 is 1.21 bits per heavy atom. The zero-order valence-electron chi connectivity index (χ0n) is 17.5. The van der Waals surface area contributed by atoms with Crippen molar-refractivity contribution in [3.8, 4) is 0 Å². The molecule has 1 aliphatic carbocycles. The molecule has 2 amide bonds. The van der Waals surface area contributed by atoms with Gasteiger partial charge in [-0.3, -0.25) is 9.59 Å². The Balaban J connectivity index is 1.49. The number of nitrogens with zero attached hydrogens (tertiary/aromatic N) is 2. The summed E-state index contributed by atoms with van der Waals surface area (Å²) in [7, 11) is 1.73. The molecule has 1 saturated heterocycles. The van der Waals surface area contributed by atoms with Gasteiger partial charge < -0.3 is 20.3 Å². The highest BCUT2D eigenvalue weighted by atomic mass is 32.1. The lowest BCUT2D eigenvalue weighted by Crippen LogP contribution is -2.46. The first-order valence-corrected chi connectivity index (χ1v) is 11.7. The maximum atomic E-state index is 12.9. The van der Waals surface area contributed by atoms with E-state index in [1.54, 1.807) is 13.3 Å². The Kier molecular flexibility index (Phi) is 8.44. The molecule has 7 nitrogen and oxygen atoms in total. The quantitative estimate of drug-likeness (QED) is 0.639. The van der Waals surface area contributed by atoms with Gasteiger partial charge in [0.1, 0.15) is 0 Å². The molecule has 2 N–H and O–H groups in total. The number of amides is 2. The summed E-state index contributed by atoms with van der Waals surface area (Å²) in [5, 5.41) is 8.62. The molecule has 0 unspecified atom stereocenters. The van der Waals surface area contributed by atoms with Gasteiger partial charge in [-0.15, -0.1) is 11.3 Å². The summed E-state index contributed by atoms with van der Waals surface area (Å²) in [5.74, 6) is 0.0744. The van der Waals surface area contributed by atoms with Crippen LogP contribution in [0.25, 0.3) is 0 Å². The third-order valence-electron chi connectivity index (χ3n) is 6.23. The van der Waals surface area contributed by atoms with Crippen molar-refractivity contribution >= 4 is 28.3 Å². The van der Waals surface area contributed by atoms with E-state index in [1.807, 2.05) is 5.38 Å². The molecular formula is C21H34N4O3S. The van der Waals surface area contributed by atoms with Crippen LogP contribution in [0.1, 0.15) is 57.8 Å². The van der Waals surface area contributed by atoms with Crippen LogP contribution in [0, 0.1) is 5.41 Å². The molecule has 1 aromatic rings. The molecule has 0 spiro atoms. The molecular weight excluding hydrogens is 388 g/mol. The van der Waals surface area contributed by atoms with Crippen LogP contribution in [-0.2, 0) is 14.3 Å². The van der Waals surface area contributed by atoms with E-state index >= 15 is 0 Å². The van der Waals surface area contributed by atoms with Gasteiger partial charge in [-0.25, -0.2) is 4.98 Å². The van der Waals surface area contributed by atoms with Crippen molar-refractivity contribution in [3.63, 3.8) is 0 Å². The standard InChI is InChI=1S/C21H34N4O3S/c1-28-13-12-25-10-5-17(6-11-25)23-18(26)15-21(7-3-2-4-8-21)16-19(27)24-20-22-9-14-29-20/h9,14,17H,2-8,10-13,15-16H2,1H3,(H,23,26)(H,22,24,27). The van der Waals surface area contributed by atoms with Crippen molar-refractivity contribution in [2.75, 3.05) is 38.7 Å². The molecule has 0 bridgehead atoms. The number of carbonyl (C=O) groups excluding carboxylic acids is 2. The molecule has 0 atom stereocenters. The highest BCUT2D eigenvalue weighted by Crippen LogP contribution is 2.42. The van der Waals surface area contributed by atoms with E-state index in [9.17, 15) is 9.59 Å². The van der Waals surface area contributed by atoms with Gasteiger partial charge in [0.05, 0.1) is 6.61 Å². The average Bonchev–Trinajstić information content (AvgIpc) is 3.20. The molecule has 2 heterocycles. The number of carbonyl (C=O) groups is 2. The van der Waals surface area contributed by atoms with E-state index in [4.69, 9.17) is 4.74 Å². The van der Waals surface area contributed by atoms with Crippen LogP contribution >= 0.6 is 11.3 Å². The number of aromatic nitrogens is 1. The second-order valence-corrected chi connectivity index (χ2v) is 9.37. The first-order valence-electron chi connectivity index (χ1n) is 10.8. The summed E-state index contributed by atoms with van der Waals surface area (Å²) < 4.78 is 5.15. The molecule has 1 saturated carbocycles. The largest absolute Gasteiger partial charge is 0.383 e. The third-order valence-corrected chi connectivity index (χ3v) is 6.92. The third kappa shape index (κ3) is 7.04. The predicted molar refractivity (Wildman–Crippen MR) is 115 cm³/mol. The Bertz CT molecular complexity index is 638. The topological polar surface area (TPSA) is 83.6 Å². The van der Waals surface area contributed by atoms with Crippen molar-refractivity contribution in [3.05, 3.63) is 11.6 Å². The lowest BCUT2D eigenvalue weighted by atomic mass is 9.69. The molecule has 29 heavy (non-hydrogen) atoms. The van der Waals surface area contributed by atoms with Crippen LogP contribution in [-0.4, -0.2) is 61.1 Å². The van der Waals surface area contributed by atoms with Crippen molar-refractivity contribution in [1.29, 1.82) is 0 Å². The predicted octanol–water partition coefficient (Wildman–Crippen LogP) is 3.04. The summed E-state index contributed by atoms with van der Waals surface area (Å²) in [4.78, 5) is 32.0. The molecule has 1 aromatic heterocycles. The minimum atomic E-state index is -0.219. The Morgan fingerprint density at radius 3 is 2.59 bits per heavy atom. The summed E-state index contributed by atoms with van der Waals surface area (Å²) >= 11 is 1.42. The number of piperidine rings is 1. The summed E-state index contributed by atoms with van der Waals surface area (Å²) in [6, 6.07) is 0.242. The summed E-state index contributed by atoms with van der Waals surface area (Å²) in [5.41, 5.74) is -0.219. The fraction of sp³-hybridized carbons (Fsp3) is 0.762. The minimum Gasteiger partial charge on any atom is -0.383 e. The van der Waals surface area contributed by atoms with E-state index < -0.39 is 0 Å². The number of hydrogen-bond acceptors (Lipinski definition) is 6. The molecule has 0 aromatic carbocycles. The SMILES string of the molecule is COCCN1CCC(NC(=O)CC2(CC(=O)Nc3nccs3)CCCCC2)CC1. The zero-order chi connectivity index (χ0) is 20.5. The van der Waals surface area contributed by atoms with Gasteiger partial charge in [-0.2, -0.15) is 0 Å². The second-order valence-electron chi connectivity index (χ2n) is 8.48. The van der Waals surface area contributed by atoms with Crippen LogP contribution < -0.4 is 10.6 Å². The number of hydrogen-bond donors (Lipinski definition) is 2. The van der Waals surface area contributed by atoms with Gasteiger partial charge in [-0.05, 0) is 31.1 Å². The molecule has 3 rings (SSSR count). The van der Waals surface area contributed by atoms with Gasteiger partial charge >= 0.3 is 0 Å². The smallest absolute Gasteiger partial charge is 0.226 e. The van der Waals surface area contributed by atoms with E-state index in [0.29, 0.717) is 18.0 Å². The monoisotopic (exact) mass is 422 g/mol. The van der Waals surface area contributed by atoms with Crippen molar-refractivity contribution in [2.24, 2.45) is 5.41 Å². The normalized spacial score (nSPS) is 20.3. The molecule has 2 fully saturated rings. The number of thiazole rings is 1. The first-order chi connectivity index (χ1) is 14.1. The highest BCUT2D eigenvalue weighted by Gasteiger charge is 2.37. The summed E-state index contributed by atoms with van der Waals surface area (Å²) in [6.45, 7) is 3.70. The van der Waals surface area contributed by atoms with Crippen LogP contribution in [0.2, 0.25) is 0 Å². The van der Waals surface area contributed by atoms with Gasteiger partial charge in [-0.1, -0.05) is 19.3 Å². The fourth-order valence-electron chi connectivity index (χ4n) is 4.65. The Morgan fingerprint density at radius 2 is 1.93 bits per heavy atom. The van der Waals surface area contributed by atoms with E-state index in [0.717, 1.165) is 64.8 Å². The van der Waals surface area contributed by atoms with Gasteiger partial charge in [0, 0.05) is 57.2 Å². The first kappa shape index (κ1) is 22.2. The lowest BCUT2D eigenvalue weighted by Gasteiger charge is -2.37. The number of methoxy groups -OCH3 is 1. The zero-order valence-corrected chi connectivity index (χ0v) is 18.3. The van der Waals surface area contributed by atoms with Crippen molar-refractivity contribution in [2.45, 2.75) is 63.8 Å². The number of anilines is 1. The number of nitrogens with one attached hydrogen (secondary N) is 2. The molecule has 8 heteroatoms. The van der Waals surface area contributed by atoms with Crippen molar-refractivity contribution in [1.82, 2.24) is 15.2 Å². The second kappa shape index (κ2) is 11.0. The van der Waals surface area contributed by atoms with Gasteiger partial charge in [0.25, 0.3) is 0 Å². The molecule has 162 valence electrons. The maximum Gasteiger partial charge on any atom is 0.226 e. The van der Waals surface area contributed by atoms with Crippen LogP contribution in [0.15, 0.2) is 11.6 Å². The van der Waals surface area contributed by atoms with Crippen LogP contribution in [0.4, 0.5) is 5.13 Å². The molecule has 1 aliphatic heterocycles. The van der Waals surface area contributed by atoms with Crippen molar-refractivity contribution < 1.29 is 14.3 Å². The Labute approximate surface area is 177 Å². The van der Waals surface area contributed by atoms with Gasteiger partial charge in [0.15, 0.2) is 5.13 Å². The average molecular weight is 423 g/mol. The van der Waals surface area contributed by atoms with Crippen LogP contribution in [0.5, 0.6) is 0 Å². The van der Waals surface area contributed by atoms with Gasteiger partial charge in [0.2, 0.25) is 11.8 Å². The van der Waals surface area contributed by atoms with Crippen LogP contribution in [0.3, 0.4) is 0 Å². The number of ether oxygens (including phenoxy) is 1. The lowest BCUT2D eigenvalue weighted by molar-refractivity contribution is -0.126.